The number of ether oxygens (including phenoxy) is 2. The molecule has 39 heavy (non-hydrogen) atoms. The Morgan fingerprint density at radius 1 is 1.15 bits per heavy atom. The number of carbonyl (C=O) groups excluding carboxylic acids is 1. The number of rotatable bonds is 7. The van der Waals surface area contributed by atoms with Gasteiger partial charge in [-0.2, -0.15) is 0 Å². The Labute approximate surface area is 230 Å². The van der Waals surface area contributed by atoms with Gasteiger partial charge in [0.15, 0.2) is 6.29 Å². The van der Waals surface area contributed by atoms with Gasteiger partial charge in [-0.25, -0.2) is 9.78 Å². The van der Waals surface area contributed by atoms with Gasteiger partial charge >= 0.3 is 6.03 Å². The standard InChI is InChI=1S/C31H36N4O4/c1-22(39-29-5-3-4-18-38-29)30-33-16-17-35(30)28(21-36)15-8-23-6-9-24(10-7-23)25-11-13-26(14-12-25)27-19-34(20-27)31(37)32-2/h6-7,9-14,16-17,22,27-29,36H,3-5,18-21H2,1-2H3,(H,32,37)/t22-,28-,29?/m0/s1. The maximum atomic E-state index is 11.7. The molecule has 0 radical (unpaired) electrons. The highest BCUT2D eigenvalue weighted by Crippen LogP contribution is 2.29. The van der Waals surface area contributed by atoms with Crippen molar-refractivity contribution in [2.45, 2.75) is 50.5 Å². The van der Waals surface area contributed by atoms with Gasteiger partial charge < -0.3 is 29.4 Å². The average molecular weight is 529 g/mol. The number of benzene rings is 2. The summed E-state index contributed by atoms with van der Waals surface area (Å²) in [6, 6.07) is 16.2. The van der Waals surface area contributed by atoms with Crippen LogP contribution in [0, 0.1) is 11.8 Å². The summed E-state index contributed by atoms with van der Waals surface area (Å²) in [5.74, 6) is 7.51. The number of likely N-dealkylation sites (tertiary alicyclic amines) is 1. The predicted molar refractivity (Wildman–Crippen MR) is 149 cm³/mol. The van der Waals surface area contributed by atoms with Gasteiger partial charge in [-0.05, 0) is 55.0 Å². The molecule has 0 spiro atoms. The molecule has 0 saturated carbocycles. The number of nitrogens with one attached hydrogen (secondary N) is 1. The Kier molecular flexibility index (Phi) is 8.62. The van der Waals surface area contributed by atoms with Gasteiger partial charge in [0.05, 0.1) is 6.61 Å². The zero-order valence-corrected chi connectivity index (χ0v) is 22.5. The third-order valence-electron chi connectivity index (χ3n) is 7.43. The Morgan fingerprint density at radius 3 is 2.51 bits per heavy atom. The molecular weight excluding hydrogens is 492 g/mol. The van der Waals surface area contributed by atoms with Crippen molar-refractivity contribution >= 4 is 6.03 Å². The molecule has 2 aliphatic heterocycles. The fourth-order valence-electron chi connectivity index (χ4n) is 5.09. The first-order chi connectivity index (χ1) is 19.1. The molecule has 2 aliphatic rings. The second-order valence-corrected chi connectivity index (χ2v) is 10.1. The van der Waals surface area contributed by atoms with E-state index < -0.39 is 6.04 Å². The van der Waals surface area contributed by atoms with Crippen LogP contribution in [0.4, 0.5) is 4.79 Å². The van der Waals surface area contributed by atoms with E-state index in [0.29, 0.717) is 5.92 Å². The van der Waals surface area contributed by atoms with E-state index in [1.807, 2.05) is 34.7 Å². The van der Waals surface area contributed by atoms with Crippen LogP contribution in [0.3, 0.4) is 0 Å². The van der Waals surface area contributed by atoms with E-state index in [9.17, 15) is 9.90 Å². The fourth-order valence-corrected chi connectivity index (χ4v) is 5.09. The van der Waals surface area contributed by atoms with Crippen LogP contribution < -0.4 is 5.32 Å². The predicted octanol–water partition coefficient (Wildman–Crippen LogP) is 4.48. The topological polar surface area (TPSA) is 88.9 Å². The molecule has 2 amide bonds. The van der Waals surface area contributed by atoms with E-state index in [0.717, 1.165) is 61.5 Å². The minimum Gasteiger partial charge on any atom is -0.393 e. The summed E-state index contributed by atoms with van der Waals surface area (Å²) < 4.78 is 13.7. The first-order valence-corrected chi connectivity index (χ1v) is 13.6. The highest BCUT2D eigenvalue weighted by molar-refractivity contribution is 5.75. The number of imidazole rings is 1. The number of aliphatic hydroxyl groups excluding tert-OH is 1. The van der Waals surface area contributed by atoms with E-state index in [-0.39, 0.29) is 25.0 Å². The number of aromatic nitrogens is 2. The number of amides is 2. The average Bonchev–Trinajstić information content (AvgIpc) is 3.44. The van der Waals surface area contributed by atoms with Crippen molar-refractivity contribution < 1.29 is 19.4 Å². The highest BCUT2D eigenvalue weighted by Gasteiger charge is 2.31. The summed E-state index contributed by atoms with van der Waals surface area (Å²) in [6.07, 6.45) is 6.10. The summed E-state index contributed by atoms with van der Waals surface area (Å²) in [6.45, 7) is 4.05. The lowest BCUT2D eigenvalue weighted by molar-refractivity contribution is -0.188. The van der Waals surface area contributed by atoms with Gasteiger partial charge in [-0.3, -0.25) is 0 Å². The Balaban J connectivity index is 1.21. The lowest BCUT2D eigenvalue weighted by Crippen LogP contribution is -2.51. The van der Waals surface area contributed by atoms with Gasteiger partial charge in [0.25, 0.3) is 0 Å². The monoisotopic (exact) mass is 528 g/mol. The van der Waals surface area contributed by atoms with E-state index in [2.05, 4.69) is 58.5 Å². The molecule has 3 aromatic rings. The Bertz CT molecular complexity index is 1300. The van der Waals surface area contributed by atoms with Gasteiger partial charge in [0.2, 0.25) is 0 Å². The zero-order chi connectivity index (χ0) is 27.2. The van der Waals surface area contributed by atoms with E-state index in [1.165, 1.54) is 5.56 Å². The van der Waals surface area contributed by atoms with Gasteiger partial charge in [-0.15, -0.1) is 0 Å². The normalized spacial score (nSPS) is 18.9. The molecule has 3 atom stereocenters. The quantitative estimate of drug-likeness (QED) is 0.442. The molecule has 8 nitrogen and oxygen atoms in total. The fraction of sp³-hybridized carbons (Fsp3) is 0.419. The van der Waals surface area contributed by atoms with Gasteiger partial charge in [0.1, 0.15) is 18.0 Å². The summed E-state index contributed by atoms with van der Waals surface area (Å²) in [4.78, 5) is 18.0. The number of nitrogens with zero attached hydrogens (tertiary/aromatic N) is 3. The number of urea groups is 1. The van der Waals surface area contributed by atoms with E-state index in [1.54, 1.807) is 13.2 Å². The maximum Gasteiger partial charge on any atom is 0.317 e. The van der Waals surface area contributed by atoms with Gasteiger partial charge in [-0.1, -0.05) is 48.2 Å². The molecule has 3 heterocycles. The van der Waals surface area contributed by atoms with Crippen LogP contribution in [0.2, 0.25) is 0 Å². The number of carbonyl (C=O) groups is 1. The molecule has 8 heteroatoms. The Morgan fingerprint density at radius 2 is 1.87 bits per heavy atom. The molecular formula is C31H36N4O4. The second-order valence-electron chi connectivity index (χ2n) is 10.1. The molecule has 2 aromatic carbocycles. The summed E-state index contributed by atoms with van der Waals surface area (Å²) in [5, 5.41) is 12.8. The molecule has 2 fully saturated rings. The van der Waals surface area contributed by atoms with E-state index in [4.69, 9.17) is 9.47 Å². The van der Waals surface area contributed by atoms with Crippen molar-refractivity contribution in [3.05, 3.63) is 77.9 Å². The van der Waals surface area contributed by atoms with Crippen LogP contribution in [-0.2, 0) is 9.47 Å². The number of hydrogen-bond donors (Lipinski definition) is 2. The minimum atomic E-state index is -0.432. The minimum absolute atomic E-state index is 0.0184. The van der Waals surface area contributed by atoms with Gasteiger partial charge in [0, 0.05) is 50.6 Å². The van der Waals surface area contributed by atoms with Crippen molar-refractivity contribution in [2.75, 3.05) is 33.4 Å². The van der Waals surface area contributed by atoms with Crippen LogP contribution >= 0.6 is 0 Å². The van der Waals surface area contributed by atoms with Crippen molar-refractivity contribution in [3.63, 3.8) is 0 Å². The first-order valence-electron chi connectivity index (χ1n) is 13.6. The van der Waals surface area contributed by atoms with Crippen LogP contribution in [0.1, 0.15) is 61.2 Å². The third-order valence-corrected chi connectivity index (χ3v) is 7.43. The largest absolute Gasteiger partial charge is 0.393 e. The third kappa shape index (κ3) is 6.34. The van der Waals surface area contributed by atoms with Crippen LogP contribution in [0.15, 0.2) is 60.9 Å². The summed E-state index contributed by atoms with van der Waals surface area (Å²) >= 11 is 0. The molecule has 0 aliphatic carbocycles. The maximum absolute atomic E-state index is 11.7. The molecule has 1 unspecified atom stereocenters. The van der Waals surface area contributed by atoms with Crippen LogP contribution in [0.5, 0.6) is 0 Å². The molecule has 1 aromatic heterocycles. The highest BCUT2D eigenvalue weighted by atomic mass is 16.7. The first kappa shape index (κ1) is 26.9. The van der Waals surface area contributed by atoms with Crippen LogP contribution in [0.25, 0.3) is 11.1 Å². The second kappa shape index (κ2) is 12.5. The number of hydrogen-bond acceptors (Lipinski definition) is 5. The van der Waals surface area contributed by atoms with E-state index >= 15 is 0 Å². The smallest absolute Gasteiger partial charge is 0.317 e. The summed E-state index contributed by atoms with van der Waals surface area (Å²) in [7, 11) is 1.66. The molecule has 204 valence electrons. The molecule has 5 rings (SSSR count). The lowest BCUT2D eigenvalue weighted by Gasteiger charge is -2.39. The molecule has 0 bridgehead atoms. The van der Waals surface area contributed by atoms with Crippen molar-refractivity contribution in [1.29, 1.82) is 0 Å². The van der Waals surface area contributed by atoms with Crippen LogP contribution in [-0.4, -0.2) is 65.2 Å². The summed E-state index contributed by atoms with van der Waals surface area (Å²) in [5.41, 5.74) is 4.37. The van der Waals surface area contributed by atoms with Crippen molar-refractivity contribution in [2.24, 2.45) is 0 Å². The zero-order valence-electron chi connectivity index (χ0n) is 22.5. The Hall–Kier alpha value is -3.64. The SMILES string of the molecule is CNC(=O)N1CC(c2ccc(-c3ccc(C#C[C@@H](CO)n4ccnc4[C@H](C)OC4CCCCO4)cc3)cc2)C1. The van der Waals surface area contributed by atoms with Crippen molar-refractivity contribution in [1.82, 2.24) is 19.8 Å². The molecule has 2 N–H and O–H groups in total. The van der Waals surface area contributed by atoms with Crippen molar-refractivity contribution in [3.8, 4) is 23.0 Å². The lowest BCUT2D eigenvalue weighted by atomic mass is 9.90. The number of aliphatic hydroxyl groups is 1. The molecule has 2 saturated heterocycles.